The Labute approximate surface area is 219 Å². The summed E-state index contributed by atoms with van der Waals surface area (Å²) in [5.74, 6) is 6.39. The Balaban J connectivity index is 1.75. The number of rotatable bonds is 11. The summed E-state index contributed by atoms with van der Waals surface area (Å²) in [6.07, 6.45) is 7.38. The molecule has 3 aromatic carbocycles. The van der Waals surface area contributed by atoms with Crippen molar-refractivity contribution in [2.75, 3.05) is 20.8 Å². The van der Waals surface area contributed by atoms with E-state index in [1.165, 1.54) is 46.3 Å². The molecule has 0 spiro atoms. The maximum Gasteiger partial charge on any atom is 0.337 e. The molecule has 0 saturated carbocycles. The van der Waals surface area contributed by atoms with Crippen molar-refractivity contribution in [1.29, 1.82) is 0 Å². The number of benzene rings is 3. The molecule has 192 valence electrons. The summed E-state index contributed by atoms with van der Waals surface area (Å²) in [6.45, 7) is 2.94. The van der Waals surface area contributed by atoms with E-state index in [0.717, 1.165) is 35.5 Å². The average Bonchev–Trinajstić information content (AvgIpc) is 2.95. The van der Waals surface area contributed by atoms with Gasteiger partial charge in [0, 0.05) is 11.1 Å². The second kappa shape index (κ2) is 14.5. The van der Waals surface area contributed by atoms with Crippen LogP contribution in [0.3, 0.4) is 0 Å². The van der Waals surface area contributed by atoms with Gasteiger partial charge in [-0.25, -0.2) is 9.59 Å². The van der Waals surface area contributed by atoms with Crippen molar-refractivity contribution in [1.82, 2.24) is 0 Å². The lowest BCUT2D eigenvalue weighted by atomic mass is 9.96. The van der Waals surface area contributed by atoms with Crippen LogP contribution in [0.15, 0.2) is 66.7 Å². The van der Waals surface area contributed by atoms with Crippen LogP contribution in [-0.2, 0) is 9.47 Å². The van der Waals surface area contributed by atoms with Crippen LogP contribution in [0.25, 0.3) is 11.1 Å². The number of esters is 2. The van der Waals surface area contributed by atoms with Gasteiger partial charge in [0.15, 0.2) is 0 Å². The Morgan fingerprint density at radius 2 is 1.32 bits per heavy atom. The SMILES string of the molecule is CCCCCCCCOc1ccc(C#Cc2cc(C(=O)OC)ccc2-c2ccc(C(=O)OC)cc2)cc1. The first-order chi connectivity index (χ1) is 18.0. The van der Waals surface area contributed by atoms with Gasteiger partial charge in [0.25, 0.3) is 0 Å². The molecule has 3 aromatic rings. The Morgan fingerprint density at radius 3 is 2.00 bits per heavy atom. The predicted octanol–water partition coefficient (Wildman–Crippen LogP) is 7.07. The van der Waals surface area contributed by atoms with Crippen molar-refractivity contribution in [3.05, 3.63) is 89.0 Å². The van der Waals surface area contributed by atoms with E-state index >= 15 is 0 Å². The summed E-state index contributed by atoms with van der Waals surface area (Å²) in [6, 6.07) is 20.1. The maximum absolute atomic E-state index is 12.1. The number of ether oxygens (including phenoxy) is 3. The van der Waals surface area contributed by atoms with Crippen LogP contribution in [0.2, 0.25) is 0 Å². The number of carbonyl (C=O) groups is 2. The normalized spacial score (nSPS) is 10.2. The van der Waals surface area contributed by atoms with Crippen molar-refractivity contribution >= 4 is 11.9 Å². The molecule has 0 aliphatic carbocycles. The van der Waals surface area contributed by atoms with E-state index in [2.05, 4.69) is 18.8 Å². The minimum Gasteiger partial charge on any atom is -0.494 e. The highest BCUT2D eigenvalue weighted by atomic mass is 16.5. The first-order valence-electron chi connectivity index (χ1n) is 12.7. The van der Waals surface area contributed by atoms with Crippen LogP contribution >= 0.6 is 0 Å². The molecule has 3 rings (SSSR count). The van der Waals surface area contributed by atoms with Crippen LogP contribution in [-0.4, -0.2) is 32.8 Å². The largest absolute Gasteiger partial charge is 0.494 e. The van der Waals surface area contributed by atoms with E-state index in [0.29, 0.717) is 16.7 Å². The fourth-order valence-electron chi connectivity index (χ4n) is 3.89. The van der Waals surface area contributed by atoms with Crippen molar-refractivity contribution in [2.24, 2.45) is 0 Å². The zero-order chi connectivity index (χ0) is 26.5. The summed E-state index contributed by atoms with van der Waals surface area (Å²) in [5.41, 5.74) is 4.10. The summed E-state index contributed by atoms with van der Waals surface area (Å²) in [5, 5.41) is 0. The number of methoxy groups -OCH3 is 2. The highest BCUT2D eigenvalue weighted by Gasteiger charge is 2.12. The quantitative estimate of drug-likeness (QED) is 0.161. The smallest absolute Gasteiger partial charge is 0.337 e. The molecule has 0 N–H and O–H groups in total. The van der Waals surface area contributed by atoms with E-state index in [1.807, 2.05) is 42.5 Å². The van der Waals surface area contributed by atoms with E-state index in [-0.39, 0.29) is 0 Å². The van der Waals surface area contributed by atoms with Crippen molar-refractivity contribution in [3.8, 4) is 28.7 Å². The monoisotopic (exact) mass is 498 g/mol. The van der Waals surface area contributed by atoms with E-state index in [1.54, 1.807) is 24.3 Å². The van der Waals surface area contributed by atoms with Crippen LogP contribution in [0, 0.1) is 11.8 Å². The molecule has 5 nitrogen and oxygen atoms in total. The molecular weight excluding hydrogens is 464 g/mol. The molecule has 0 aliphatic heterocycles. The van der Waals surface area contributed by atoms with Gasteiger partial charge >= 0.3 is 11.9 Å². The zero-order valence-corrected chi connectivity index (χ0v) is 21.8. The van der Waals surface area contributed by atoms with Crippen molar-refractivity contribution in [2.45, 2.75) is 45.4 Å². The molecule has 0 unspecified atom stereocenters. The van der Waals surface area contributed by atoms with E-state index < -0.39 is 11.9 Å². The Morgan fingerprint density at radius 1 is 0.703 bits per heavy atom. The van der Waals surface area contributed by atoms with Gasteiger partial charge in [-0.05, 0) is 66.1 Å². The molecule has 5 heteroatoms. The van der Waals surface area contributed by atoms with Gasteiger partial charge in [-0.2, -0.15) is 0 Å². The second-order valence-electron chi connectivity index (χ2n) is 8.71. The Bertz CT molecular complexity index is 1230. The van der Waals surface area contributed by atoms with Gasteiger partial charge in [-0.15, -0.1) is 0 Å². The van der Waals surface area contributed by atoms with Crippen LogP contribution in [0.4, 0.5) is 0 Å². The summed E-state index contributed by atoms with van der Waals surface area (Å²) in [7, 11) is 2.70. The van der Waals surface area contributed by atoms with E-state index in [4.69, 9.17) is 14.2 Å². The molecule has 0 bridgehead atoms. The lowest BCUT2D eigenvalue weighted by molar-refractivity contribution is 0.0592. The minimum absolute atomic E-state index is 0.396. The molecule has 0 atom stereocenters. The summed E-state index contributed by atoms with van der Waals surface area (Å²) in [4.78, 5) is 23.9. The first kappa shape index (κ1) is 27.5. The van der Waals surface area contributed by atoms with Gasteiger partial charge in [-0.1, -0.05) is 69.1 Å². The summed E-state index contributed by atoms with van der Waals surface area (Å²) >= 11 is 0. The molecule has 0 fully saturated rings. The maximum atomic E-state index is 12.1. The minimum atomic E-state index is -0.428. The lowest BCUT2D eigenvalue weighted by Crippen LogP contribution is -2.02. The third kappa shape index (κ3) is 8.25. The van der Waals surface area contributed by atoms with E-state index in [9.17, 15) is 9.59 Å². The van der Waals surface area contributed by atoms with Gasteiger partial charge in [0.05, 0.1) is 32.0 Å². The van der Waals surface area contributed by atoms with Crippen LogP contribution < -0.4 is 4.74 Å². The van der Waals surface area contributed by atoms with Gasteiger partial charge < -0.3 is 14.2 Å². The number of hydrogen-bond donors (Lipinski definition) is 0. The number of unbranched alkanes of at least 4 members (excludes halogenated alkanes) is 5. The van der Waals surface area contributed by atoms with Crippen molar-refractivity contribution in [3.63, 3.8) is 0 Å². The van der Waals surface area contributed by atoms with Crippen LogP contribution in [0.1, 0.15) is 77.3 Å². The predicted molar refractivity (Wildman–Crippen MR) is 146 cm³/mol. The standard InChI is InChI=1S/C32H34O5/c1-4-5-6-7-8-9-22-37-29-19-11-24(12-20-29)10-13-27-23-28(32(34)36-3)18-21-30(27)25-14-16-26(17-15-25)31(33)35-2/h11-12,14-21,23H,4-9,22H2,1-3H3. The van der Waals surface area contributed by atoms with Crippen molar-refractivity contribution < 1.29 is 23.8 Å². The molecule has 0 aliphatic rings. The molecule has 0 radical (unpaired) electrons. The molecular formula is C32H34O5. The summed E-state index contributed by atoms with van der Waals surface area (Å²) < 4.78 is 15.5. The molecule has 0 heterocycles. The fraction of sp³-hybridized carbons (Fsp3) is 0.312. The molecule has 0 amide bonds. The second-order valence-corrected chi connectivity index (χ2v) is 8.71. The van der Waals surface area contributed by atoms with Gasteiger partial charge in [0.1, 0.15) is 5.75 Å². The van der Waals surface area contributed by atoms with Gasteiger partial charge in [-0.3, -0.25) is 0 Å². The fourth-order valence-corrected chi connectivity index (χ4v) is 3.89. The van der Waals surface area contributed by atoms with Crippen LogP contribution in [0.5, 0.6) is 5.75 Å². The third-order valence-electron chi connectivity index (χ3n) is 6.02. The lowest BCUT2D eigenvalue weighted by Gasteiger charge is -2.08. The zero-order valence-electron chi connectivity index (χ0n) is 21.8. The highest BCUT2D eigenvalue weighted by Crippen LogP contribution is 2.26. The molecule has 0 aromatic heterocycles. The Hall–Kier alpha value is -4.04. The highest BCUT2D eigenvalue weighted by molar-refractivity contribution is 5.92. The number of carbonyl (C=O) groups excluding carboxylic acids is 2. The molecule has 37 heavy (non-hydrogen) atoms. The number of hydrogen-bond acceptors (Lipinski definition) is 5. The Kier molecular flexibility index (Phi) is 10.8. The van der Waals surface area contributed by atoms with Gasteiger partial charge in [0.2, 0.25) is 0 Å². The third-order valence-corrected chi connectivity index (χ3v) is 6.02. The average molecular weight is 499 g/mol. The molecule has 0 saturated heterocycles. The topological polar surface area (TPSA) is 61.8 Å². The first-order valence-corrected chi connectivity index (χ1v) is 12.7.